The summed E-state index contributed by atoms with van der Waals surface area (Å²) < 4.78 is 5.52. The summed E-state index contributed by atoms with van der Waals surface area (Å²) in [4.78, 5) is 32.4. The first-order valence-corrected chi connectivity index (χ1v) is 11.6. The number of guanidine groups is 1. The van der Waals surface area contributed by atoms with Gasteiger partial charge < -0.3 is 25.2 Å². The number of rotatable bonds is 8. The van der Waals surface area contributed by atoms with E-state index in [4.69, 9.17) is 4.74 Å². The molecule has 2 aliphatic rings. The number of carbonyl (C=O) groups is 2. The first-order valence-electron chi connectivity index (χ1n) is 11.6. The van der Waals surface area contributed by atoms with Gasteiger partial charge in [-0.1, -0.05) is 0 Å². The summed E-state index contributed by atoms with van der Waals surface area (Å²) in [5, 5.41) is 6.70. The minimum absolute atomic E-state index is 0. The van der Waals surface area contributed by atoms with Crippen LogP contribution < -0.4 is 10.6 Å². The third kappa shape index (κ3) is 10.7. The molecule has 2 fully saturated rings. The lowest BCUT2D eigenvalue weighted by atomic mass is 9.95. The fraction of sp³-hybridized carbons (Fsp3) is 0.864. The second-order valence-electron chi connectivity index (χ2n) is 9.25. The van der Waals surface area contributed by atoms with E-state index in [1.165, 1.54) is 0 Å². The van der Waals surface area contributed by atoms with Crippen LogP contribution in [0.5, 0.6) is 0 Å². The molecule has 0 bridgehead atoms. The van der Waals surface area contributed by atoms with Crippen LogP contribution in [0.15, 0.2) is 4.99 Å². The van der Waals surface area contributed by atoms with Gasteiger partial charge in [0.25, 0.3) is 0 Å². The van der Waals surface area contributed by atoms with Crippen molar-refractivity contribution in [2.24, 2.45) is 10.9 Å². The number of hydrogen-bond donors (Lipinski definition) is 2. The van der Waals surface area contributed by atoms with Crippen molar-refractivity contribution in [3.05, 3.63) is 0 Å². The van der Waals surface area contributed by atoms with Crippen LogP contribution in [0.25, 0.3) is 0 Å². The van der Waals surface area contributed by atoms with Gasteiger partial charge in [0.1, 0.15) is 5.60 Å². The molecule has 1 unspecified atom stereocenters. The highest BCUT2D eigenvalue weighted by atomic mass is 127. The molecule has 0 spiro atoms. The Balaban J connectivity index is 0.00000480. The van der Waals surface area contributed by atoms with Gasteiger partial charge in [-0.15, -0.1) is 24.0 Å². The maximum absolute atomic E-state index is 12.3. The summed E-state index contributed by atoms with van der Waals surface area (Å²) in [5.74, 6) is 1.57. The van der Waals surface area contributed by atoms with Crippen LogP contribution in [0.1, 0.15) is 66.2 Å². The molecular formula is C22H42IN5O3. The van der Waals surface area contributed by atoms with Crippen molar-refractivity contribution in [2.75, 3.05) is 45.8 Å². The molecule has 0 aromatic carbocycles. The Morgan fingerprint density at radius 3 is 2.65 bits per heavy atom. The quantitative estimate of drug-likeness (QED) is 0.210. The third-order valence-corrected chi connectivity index (χ3v) is 5.39. The SMILES string of the molecule is CCNC(=NCCCN1CCCC1=O)NCCC1CCCN(C(=O)OC(C)(C)C)C1.I. The maximum atomic E-state index is 12.3. The summed E-state index contributed by atoms with van der Waals surface area (Å²) in [6.07, 6.45) is 5.51. The molecule has 31 heavy (non-hydrogen) atoms. The number of aliphatic imine (C=N–C) groups is 1. The molecule has 0 aliphatic carbocycles. The zero-order valence-electron chi connectivity index (χ0n) is 19.7. The highest BCUT2D eigenvalue weighted by Gasteiger charge is 2.27. The van der Waals surface area contributed by atoms with E-state index in [1.54, 1.807) is 0 Å². The summed E-state index contributed by atoms with van der Waals surface area (Å²) in [7, 11) is 0. The number of carbonyl (C=O) groups excluding carboxylic acids is 2. The topological polar surface area (TPSA) is 86.3 Å². The van der Waals surface area contributed by atoms with Gasteiger partial charge in [0.2, 0.25) is 5.91 Å². The van der Waals surface area contributed by atoms with Crippen LogP contribution in [0.2, 0.25) is 0 Å². The first-order chi connectivity index (χ1) is 14.3. The van der Waals surface area contributed by atoms with E-state index in [2.05, 4.69) is 22.5 Å². The van der Waals surface area contributed by atoms with Crippen molar-refractivity contribution in [1.29, 1.82) is 0 Å². The average Bonchev–Trinajstić information content (AvgIpc) is 3.09. The Labute approximate surface area is 204 Å². The lowest BCUT2D eigenvalue weighted by molar-refractivity contribution is -0.127. The van der Waals surface area contributed by atoms with Crippen LogP contribution in [-0.4, -0.2) is 79.2 Å². The fourth-order valence-corrected chi connectivity index (χ4v) is 3.92. The fourth-order valence-electron chi connectivity index (χ4n) is 3.92. The van der Waals surface area contributed by atoms with E-state index in [0.717, 1.165) is 77.3 Å². The number of nitrogens with one attached hydrogen (secondary N) is 2. The molecular weight excluding hydrogens is 509 g/mol. The Bertz CT molecular complexity index is 594. The van der Waals surface area contributed by atoms with Crippen molar-refractivity contribution < 1.29 is 14.3 Å². The second-order valence-corrected chi connectivity index (χ2v) is 9.25. The van der Waals surface area contributed by atoms with E-state index in [0.29, 0.717) is 18.9 Å². The first kappa shape index (κ1) is 27.8. The molecule has 2 amide bonds. The zero-order chi connectivity index (χ0) is 22.0. The minimum atomic E-state index is -0.454. The Morgan fingerprint density at radius 2 is 2.00 bits per heavy atom. The number of ether oxygens (including phenoxy) is 1. The van der Waals surface area contributed by atoms with Crippen molar-refractivity contribution in [3.63, 3.8) is 0 Å². The molecule has 9 heteroatoms. The van der Waals surface area contributed by atoms with Gasteiger partial charge in [0.05, 0.1) is 0 Å². The van der Waals surface area contributed by atoms with E-state index < -0.39 is 5.60 Å². The highest BCUT2D eigenvalue weighted by Crippen LogP contribution is 2.21. The predicted molar refractivity (Wildman–Crippen MR) is 135 cm³/mol. The standard InChI is InChI=1S/C22H41N5O3.HI/c1-5-23-20(24-12-8-16-26-14-7-10-19(26)28)25-13-11-18-9-6-15-27(17-18)21(29)30-22(2,3)4;/h18H,5-17H2,1-4H3,(H2,23,24,25);1H. The van der Waals surface area contributed by atoms with Gasteiger partial charge in [0.15, 0.2) is 5.96 Å². The molecule has 0 saturated carbocycles. The number of piperidine rings is 1. The lowest BCUT2D eigenvalue weighted by Crippen LogP contribution is -2.44. The molecule has 0 aromatic heterocycles. The Morgan fingerprint density at radius 1 is 1.23 bits per heavy atom. The summed E-state index contributed by atoms with van der Waals surface area (Å²) >= 11 is 0. The molecule has 8 nitrogen and oxygen atoms in total. The molecule has 2 saturated heterocycles. The van der Waals surface area contributed by atoms with Gasteiger partial charge in [0, 0.05) is 52.2 Å². The van der Waals surface area contributed by atoms with Crippen LogP contribution in [-0.2, 0) is 9.53 Å². The van der Waals surface area contributed by atoms with E-state index in [9.17, 15) is 9.59 Å². The number of likely N-dealkylation sites (tertiary alicyclic amines) is 2. The van der Waals surface area contributed by atoms with E-state index in [1.807, 2.05) is 30.6 Å². The van der Waals surface area contributed by atoms with Crippen molar-refractivity contribution in [1.82, 2.24) is 20.4 Å². The molecule has 2 N–H and O–H groups in total. The van der Waals surface area contributed by atoms with Crippen molar-refractivity contribution in [3.8, 4) is 0 Å². The lowest BCUT2D eigenvalue weighted by Gasteiger charge is -2.34. The largest absolute Gasteiger partial charge is 0.444 e. The molecule has 2 heterocycles. The summed E-state index contributed by atoms with van der Waals surface area (Å²) in [6, 6.07) is 0. The molecule has 180 valence electrons. The molecule has 2 aliphatic heterocycles. The van der Waals surface area contributed by atoms with Crippen LogP contribution >= 0.6 is 24.0 Å². The predicted octanol–water partition coefficient (Wildman–Crippen LogP) is 3.21. The van der Waals surface area contributed by atoms with Crippen LogP contribution in [0.3, 0.4) is 0 Å². The van der Waals surface area contributed by atoms with E-state index >= 15 is 0 Å². The molecule has 2 rings (SSSR count). The van der Waals surface area contributed by atoms with Crippen molar-refractivity contribution >= 4 is 41.9 Å². The van der Waals surface area contributed by atoms with Gasteiger partial charge in [-0.2, -0.15) is 0 Å². The Hall–Kier alpha value is -1.26. The maximum Gasteiger partial charge on any atom is 0.410 e. The average molecular weight is 552 g/mol. The second kappa shape index (κ2) is 14.0. The van der Waals surface area contributed by atoms with Gasteiger partial charge in [-0.3, -0.25) is 9.79 Å². The molecule has 0 aromatic rings. The van der Waals surface area contributed by atoms with Gasteiger partial charge in [-0.05, 0) is 65.7 Å². The van der Waals surface area contributed by atoms with Crippen LogP contribution in [0, 0.1) is 5.92 Å². The third-order valence-electron chi connectivity index (χ3n) is 5.39. The monoisotopic (exact) mass is 551 g/mol. The van der Waals surface area contributed by atoms with E-state index in [-0.39, 0.29) is 36.0 Å². The minimum Gasteiger partial charge on any atom is -0.444 e. The number of amides is 2. The summed E-state index contributed by atoms with van der Waals surface area (Å²) in [5.41, 5.74) is -0.454. The molecule has 0 radical (unpaired) electrons. The number of hydrogen-bond acceptors (Lipinski definition) is 4. The number of nitrogens with zero attached hydrogens (tertiary/aromatic N) is 3. The van der Waals surface area contributed by atoms with Crippen molar-refractivity contribution in [2.45, 2.75) is 71.8 Å². The number of halogens is 1. The smallest absolute Gasteiger partial charge is 0.410 e. The van der Waals surface area contributed by atoms with Gasteiger partial charge >= 0.3 is 6.09 Å². The normalized spacial score (nSPS) is 19.8. The van der Waals surface area contributed by atoms with Crippen LogP contribution in [0.4, 0.5) is 4.79 Å². The summed E-state index contributed by atoms with van der Waals surface area (Å²) in [6.45, 7) is 13.3. The zero-order valence-corrected chi connectivity index (χ0v) is 22.1. The molecule has 1 atom stereocenters. The Kier molecular flexibility index (Phi) is 12.5. The van der Waals surface area contributed by atoms with Gasteiger partial charge in [-0.25, -0.2) is 4.79 Å². The highest BCUT2D eigenvalue weighted by molar-refractivity contribution is 14.0.